The van der Waals surface area contributed by atoms with Crippen molar-refractivity contribution in [2.24, 2.45) is 7.05 Å². The molecule has 26 heavy (non-hydrogen) atoms. The van der Waals surface area contributed by atoms with Crippen molar-refractivity contribution in [3.05, 3.63) is 70.3 Å². The fraction of sp³-hybridized carbons (Fsp3) is 0.227. The summed E-state index contributed by atoms with van der Waals surface area (Å²) in [5.74, 6) is 0. The largest absolute Gasteiger partial charge is 0.464 e. The van der Waals surface area contributed by atoms with E-state index < -0.39 is 0 Å². The fourth-order valence-corrected chi connectivity index (χ4v) is 3.66. The van der Waals surface area contributed by atoms with Crippen LogP contribution in [-0.4, -0.2) is 11.7 Å². The van der Waals surface area contributed by atoms with E-state index in [1.807, 2.05) is 51.2 Å². The lowest BCUT2D eigenvalue weighted by Gasteiger charge is -2.22. The molecule has 0 saturated heterocycles. The van der Waals surface area contributed by atoms with E-state index in [9.17, 15) is 4.79 Å². The Morgan fingerprint density at radius 3 is 2.65 bits per heavy atom. The number of fused-ring (bicyclic) bond motifs is 2. The maximum absolute atomic E-state index is 12.9. The normalized spacial score (nSPS) is 12.8. The van der Waals surface area contributed by atoms with Crippen LogP contribution in [0.1, 0.15) is 24.3 Å². The van der Waals surface area contributed by atoms with Crippen LogP contribution < -0.4 is 5.56 Å². The zero-order valence-electron chi connectivity index (χ0n) is 15.4. The minimum atomic E-state index is -0.215. The number of methoxy groups -OCH3 is 1. The number of ether oxygens (including phenoxy) is 1. The highest BCUT2D eigenvalue weighted by molar-refractivity contribution is 5.99. The van der Waals surface area contributed by atoms with Crippen molar-refractivity contribution in [2.75, 3.05) is 7.11 Å². The number of rotatable bonds is 3. The molecule has 0 N–H and O–H groups in total. The minimum Gasteiger partial charge on any atom is -0.464 e. The van der Waals surface area contributed by atoms with Gasteiger partial charge in [0.1, 0.15) is 5.58 Å². The molecular formula is C22H21NO3. The number of aryl methyl sites for hydroxylation is 1. The summed E-state index contributed by atoms with van der Waals surface area (Å²) in [7, 11) is 3.48. The minimum absolute atomic E-state index is 0.00737. The number of nitrogens with zero attached hydrogens (tertiary/aromatic N) is 1. The van der Waals surface area contributed by atoms with Crippen LogP contribution in [0.2, 0.25) is 0 Å². The summed E-state index contributed by atoms with van der Waals surface area (Å²) in [5.41, 5.74) is 4.91. The molecule has 0 saturated carbocycles. The smallest absolute Gasteiger partial charge is 0.258 e. The average Bonchev–Trinajstić information content (AvgIpc) is 3.11. The maximum atomic E-state index is 12.9. The van der Waals surface area contributed by atoms with Gasteiger partial charge in [-0.05, 0) is 49.1 Å². The molecule has 0 fully saturated rings. The fourth-order valence-electron chi connectivity index (χ4n) is 3.66. The first-order valence-electron chi connectivity index (χ1n) is 8.65. The van der Waals surface area contributed by atoms with Crippen molar-refractivity contribution >= 4 is 21.7 Å². The molecule has 0 aliphatic heterocycles. The van der Waals surface area contributed by atoms with E-state index in [-0.39, 0.29) is 11.7 Å². The lowest BCUT2D eigenvalue weighted by molar-refractivity contribution is 0.113. The second-order valence-corrected chi connectivity index (χ2v) is 6.72. The molecule has 0 amide bonds. The van der Waals surface area contributed by atoms with Gasteiger partial charge in [0.2, 0.25) is 0 Å². The molecule has 0 bridgehead atoms. The van der Waals surface area contributed by atoms with Gasteiger partial charge in [0.15, 0.2) is 0 Å². The Bertz CT molecular complexity index is 1180. The zero-order chi connectivity index (χ0) is 18.4. The third-order valence-corrected chi connectivity index (χ3v) is 5.08. The Balaban J connectivity index is 2.18. The van der Waals surface area contributed by atoms with Crippen LogP contribution in [0.15, 0.2) is 57.9 Å². The molecule has 0 aliphatic rings. The van der Waals surface area contributed by atoms with Crippen LogP contribution in [0.5, 0.6) is 0 Å². The molecule has 0 radical (unpaired) electrons. The van der Waals surface area contributed by atoms with E-state index in [1.165, 1.54) is 0 Å². The Kier molecular flexibility index (Phi) is 3.93. The van der Waals surface area contributed by atoms with E-state index in [0.717, 1.165) is 38.7 Å². The summed E-state index contributed by atoms with van der Waals surface area (Å²) in [5, 5.41) is 2.70. The molecule has 4 nitrogen and oxygen atoms in total. The van der Waals surface area contributed by atoms with E-state index in [2.05, 4.69) is 12.1 Å². The van der Waals surface area contributed by atoms with Gasteiger partial charge < -0.3 is 13.7 Å². The van der Waals surface area contributed by atoms with Gasteiger partial charge in [-0.25, -0.2) is 0 Å². The third-order valence-electron chi connectivity index (χ3n) is 5.08. The quantitative estimate of drug-likeness (QED) is 0.526. The summed E-state index contributed by atoms with van der Waals surface area (Å²) in [6.07, 6.45) is 1.48. The Morgan fingerprint density at radius 2 is 1.88 bits per heavy atom. The highest BCUT2D eigenvalue weighted by Crippen LogP contribution is 2.36. The molecule has 0 aliphatic carbocycles. The number of furan rings is 1. The predicted octanol–water partition coefficient (Wildman–Crippen LogP) is 4.97. The van der Waals surface area contributed by atoms with Gasteiger partial charge in [0, 0.05) is 30.5 Å². The van der Waals surface area contributed by atoms with Gasteiger partial charge in [-0.2, -0.15) is 0 Å². The maximum Gasteiger partial charge on any atom is 0.258 e. The average molecular weight is 347 g/mol. The van der Waals surface area contributed by atoms with Crippen LogP contribution in [0.3, 0.4) is 0 Å². The second-order valence-electron chi connectivity index (χ2n) is 6.72. The molecular weight excluding hydrogens is 326 g/mol. The van der Waals surface area contributed by atoms with Gasteiger partial charge >= 0.3 is 0 Å². The lowest BCUT2D eigenvalue weighted by atomic mass is 9.93. The first kappa shape index (κ1) is 16.6. The predicted molar refractivity (Wildman–Crippen MR) is 105 cm³/mol. The number of hydrogen-bond donors (Lipinski definition) is 0. The van der Waals surface area contributed by atoms with Crippen molar-refractivity contribution in [3.8, 4) is 11.1 Å². The molecule has 4 rings (SSSR count). The Labute approximate surface area is 151 Å². The summed E-state index contributed by atoms with van der Waals surface area (Å²) < 4.78 is 12.8. The third kappa shape index (κ3) is 2.45. The van der Waals surface area contributed by atoms with Crippen molar-refractivity contribution < 1.29 is 9.15 Å². The van der Waals surface area contributed by atoms with Crippen molar-refractivity contribution in [1.29, 1.82) is 0 Å². The monoisotopic (exact) mass is 347 g/mol. The van der Waals surface area contributed by atoms with Crippen LogP contribution in [0.4, 0.5) is 0 Å². The molecule has 1 atom stereocenters. The van der Waals surface area contributed by atoms with Crippen molar-refractivity contribution in [2.45, 2.75) is 20.0 Å². The standard InChI is InChI=1S/C22H21NO3/c1-13-5-7-17-18(11-13)20(21(14(2)25-4)23(3)22(17)24)16-6-8-19-15(12-16)9-10-26-19/h5-12,14H,1-4H3. The lowest BCUT2D eigenvalue weighted by Crippen LogP contribution is -2.23. The first-order valence-corrected chi connectivity index (χ1v) is 8.65. The van der Waals surface area contributed by atoms with Crippen molar-refractivity contribution in [1.82, 2.24) is 4.57 Å². The molecule has 4 aromatic rings. The van der Waals surface area contributed by atoms with Crippen molar-refractivity contribution in [3.63, 3.8) is 0 Å². The number of hydrogen-bond acceptors (Lipinski definition) is 3. The first-order chi connectivity index (χ1) is 12.5. The highest BCUT2D eigenvalue weighted by atomic mass is 16.5. The van der Waals surface area contributed by atoms with E-state index in [4.69, 9.17) is 9.15 Å². The molecule has 4 heteroatoms. The summed E-state index contributed by atoms with van der Waals surface area (Å²) in [6, 6.07) is 14.0. The van der Waals surface area contributed by atoms with Gasteiger partial charge in [-0.1, -0.05) is 23.8 Å². The summed E-state index contributed by atoms with van der Waals surface area (Å²) in [6.45, 7) is 4.01. The van der Waals surface area contributed by atoms with Gasteiger partial charge in [0.25, 0.3) is 5.56 Å². The number of aromatic nitrogens is 1. The van der Waals surface area contributed by atoms with Gasteiger partial charge in [-0.3, -0.25) is 4.79 Å². The molecule has 2 aromatic carbocycles. The highest BCUT2D eigenvalue weighted by Gasteiger charge is 2.21. The second kappa shape index (κ2) is 6.15. The molecule has 2 heterocycles. The van der Waals surface area contributed by atoms with Crippen LogP contribution in [0.25, 0.3) is 32.9 Å². The number of benzene rings is 2. The van der Waals surface area contributed by atoms with Crippen LogP contribution in [-0.2, 0) is 11.8 Å². The van der Waals surface area contributed by atoms with E-state index >= 15 is 0 Å². The topological polar surface area (TPSA) is 44.4 Å². The molecule has 0 spiro atoms. The SMILES string of the molecule is COC(C)c1c(-c2ccc3occc3c2)c2cc(C)ccc2c(=O)n1C. The molecule has 2 aromatic heterocycles. The van der Waals surface area contributed by atoms with E-state index in [0.29, 0.717) is 5.39 Å². The summed E-state index contributed by atoms with van der Waals surface area (Å²) in [4.78, 5) is 12.9. The zero-order valence-corrected chi connectivity index (χ0v) is 15.4. The van der Waals surface area contributed by atoms with Gasteiger partial charge in [0.05, 0.1) is 18.1 Å². The Hall–Kier alpha value is -2.85. The van der Waals surface area contributed by atoms with Crippen LogP contribution in [0, 0.1) is 6.92 Å². The van der Waals surface area contributed by atoms with E-state index in [1.54, 1.807) is 17.9 Å². The summed E-state index contributed by atoms with van der Waals surface area (Å²) >= 11 is 0. The Morgan fingerprint density at radius 1 is 1.08 bits per heavy atom. The van der Waals surface area contributed by atoms with Gasteiger partial charge in [-0.15, -0.1) is 0 Å². The molecule has 1 unspecified atom stereocenters. The van der Waals surface area contributed by atoms with Crippen LogP contribution >= 0.6 is 0 Å². The molecule has 132 valence electrons. The number of pyridine rings is 1.